The molecule has 31 heavy (non-hydrogen) atoms. The molecule has 7 nitrogen and oxygen atoms in total. The van der Waals surface area contributed by atoms with Crippen LogP contribution in [0, 0.1) is 11.3 Å². The Labute approximate surface area is 192 Å². The summed E-state index contributed by atoms with van der Waals surface area (Å²) in [5.74, 6) is 1.09. The van der Waals surface area contributed by atoms with E-state index in [1.807, 2.05) is 24.3 Å². The largest absolute Gasteiger partial charge is 0.394 e. The number of rotatable bonds is 10. The predicted molar refractivity (Wildman–Crippen MR) is 124 cm³/mol. The Morgan fingerprint density at radius 2 is 1.90 bits per heavy atom. The number of anilines is 3. The van der Waals surface area contributed by atoms with Gasteiger partial charge in [0.2, 0.25) is 5.95 Å². The first-order valence-corrected chi connectivity index (χ1v) is 9.85. The molecule has 0 bridgehead atoms. The van der Waals surface area contributed by atoms with Gasteiger partial charge in [0.1, 0.15) is 5.82 Å². The third-order valence-corrected chi connectivity index (χ3v) is 4.67. The minimum absolute atomic E-state index is 0. The van der Waals surface area contributed by atoms with Gasteiger partial charge in [0, 0.05) is 29.9 Å². The standard InChI is InChI=1S/C22H22ClN5O2.ClH/c23-20-4-2-1-3-17(20)13-19(15-29)30-12-11-25-21-9-10-26-22(28-21)27-18-7-5-16(14-24)6-8-18;/h1-10,19,29H,11-13,15H2,(H2,25,26,27,28);1H. The van der Waals surface area contributed by atoms with E-state index < -0.39 is 0 Å². The highest BCUT2D eigenvalue weighted by molar-refractivity contribution is 6.31. The Balaban J connectivity index is 0.00000341. The van der Waals surface area contributed by atoms with Gasteiger partial charge in [-0.3, -0.25) is 0 Å². The van der Waals surface area contributed by atoms with E-state index in [4.69, 9.17) is 21.6 Å². The van der Waals surface area contributed by atoms with E-state index in [-0.39, 0.29) is 25.1 Å². The van der Waals surface area contributed by atoms with Gasteiger partial charge in [-0.05, 0) is 42.0 Å². The molecule has 1 aromatic heterocycles. The van der Waals surface area contributed by atoms with E-state index >= 15 is 0 Å². The van der Waals surface area contributed by atoms with Crippen molar-refractivity contribution < 1.29 is 9.84 Å². The number of aliphatic hydroxyl groups is 1. The van der Waals surface area contributed by atoms with Gasteiger partial charge in [-0.2, -0.15) is 10.2 Å². The van der Waals surface area contributed by atoms with Crippen LogP contribution in [0.3, 0.4) is 0 Å². The van der Waals surface area contributed by atoms with Crippen LogP contribution in [0.25, 0.3) is 0 Å². The maximum atomic E-state index is 9.57. The zero-order valence-corrected chi connectivity index (χ0v) is 18.2. The van der Waals surface area contributed by atoms with Crippen LogP contribution in [0.1, 0.15) is 11.1 Å². The Kier molecular flexibility index (Phi) is 10.0. The first kappa shape index (κ1) is 24.4. The average Bonchev–Trinajstić information content (AvgIpc) is 2.78. The van der Waals surface area contributed by atoms with Gasteiger partial charge in [0.05, 0.1) is 31.0 Å². The van der Waals surface area contributed by atoms with Gasteiger partial charge in [-0.25, -0.2) is 4.98 Å². The molecule has 3 rings (SSSR count). The number of hydrogen-bond donors (Lipinski definition) is 3. The lowest BCUT2D eigenvalue weighted by molar-refractivity contribution is 0.0189. The lowest BCUT2D eigenvalue weighted by atomic mass is 10.1. The molecule has 162 valence electrons. The molecule has 2 aromatic carbocycles. The lowest BCUT2D eigenvalue weighted by Gasteiger charge is -2.16. The number of hydrogen-bond acceptors (Lipinski definition) is 7. The van der Waals surface area contributed by atoms with Gasteiger partial charge in [-0.1, -0.05) is 29.8 Å². The second kappa shape index (κ2) is 12.7. The second-order valence-electron chi connectivity index (χ2n) is 6.48. The van der Waals surface area contributed by atoms with Crippen molar-refractivity contribution in [2.45, 2.75) is 12.5 Å². The predicted octanol–water partition coefficient (Wildman–Crippen LogP) is 4.20. The molecule has 0 radical (unpaired) electrons. The molecule has 3 N–H and O–H groups in total. The van der Waals surface area contributed by atoms with Gasteiger partial charge < -0.3 is 20.5 Å². The van der Waals surface area contributed by atoms with Crippen molar-refractivity contribution in [3.63, 3.8) is 0 Å². The normalized spacial score (nSPS) is 11.1. The van der Waals surface area contributed by atoms with Crippen LogP contribution in [-0.4, -0.2) is 40.9 Å². The molecule has 1 unspecified atom stereocenters. The average molecular weight is 460 g/mol. The fourth-order valence-electron chi connectivity index (χ4n) is 2.76. The summed E-state index contributed by atoms with van der Waals surface area (Å²) in [6.07, 6.45) is 1.86. The number of nitrogens with one attached hydrogen (secondary N) is 2. The van der Waals surface area contributed by atoms with E-state index in [0.29, 0.717) is 41.9 Å². The molecule has 3 aromatic rings. The van der Waals surface area contributed by atoms with Gasteiger partial charge in [0.25, 0.3) is 0 Å². The van der Waals surface area contributed by atoms with E-state index in [1.165, 1.54) is 0 Å². The molecule has 0 fully saturated rings. The van der Waals surface area contributed by atoms with Gasteiger partial charge in [0.15, 0.2) is 0 Å². The molecule has 1 atom stereocenters. The van der Waals surface area contributed by atoms with Crippen LogP contribution in [0.4, 0.5) is 17.5 Å². The number of halogens is 2. The number of nitriles is 1. The van der Waals surface area contributed by atoms with E-state index in [2.05, 4.69) is 26.7 Å². The van der Waals surface area contributed by atoms with Crippen molar-refractivity contribution in [3.8, 4) is 6.07 Å². The quantitative estimate of drug-likeness (QED) is 0.390. The molecule has 0 aliphatic carbocycles. The van der Waals surface area contributed by atoms with Crippen molar-refractivity contribution >= 4 is 41.5 Å². The monoisotopic (exact) mass is 459 g/mol. The molecule has 0 spiro atoms. The van der Waals surface area contributed by atoms with Crippen molar-refractivity contribution in [2.24, 2.45) is 0 Å². The summed E-state index contributed by atoms with van der Waals surface area (Å²) in [6, 6.07) is 18.4. The third-order valence-electron chi connectivity index (χ3n) is 4.30. The van der Waals surface area contributed by atoms with Gasteiger partial charge in [-0.15, -0.1) is 12.4 Å². The highest BCUT2D eigenvalue weighted by atomic mass is 35.5. The molecule has 9 heteroatoms. The number of aromatic nitrogens is 2. The fourth-order valence-corrected chi connectivity index (χ4v) is 2.98. The Morgan fingerprint density at radius 1 is 1.13 bits per heavy atom. The summed E-state index contributed by atoms with van der Waals surface area (Å²) < 4.78 is 5.76. The van der Waals surface area contributed by atoms with Crippen molar-refractivity contribution in [1.82, 2.24) is 9.97 Å². The molecule has 0 aliphatic rings. The minimum Gasteiger partial charge on any atom is -0.394 e. The van der Waals surface area contributed by atoms with Crippen LogP contribution >= 0.6 is 24.0 Å². The summed E-state index contributed by atoms with van der Waals surface area (Å²) in [7, 11) is 0. The highest BCUT2D eigenvalue weighted by Crippen LogP contribution is 2.18. The Hall–Kier alpha value is -2.89. The first-order chi connectivity index (χ1) is 14.7. The summed E-state index contributed by atoms with van der Waals surface area (Å²) >= 11 is 6.17. The summed E-state index contributed by atoms with van der Waals surface area (Å²) in [6.45, 7) is 0.835. The first-order valence-electron chi connectivity index (χ1n) is 9.48. The molecular formula is C22H23Cl2N5O2. The minimum atomic E-state index is -0.328. The number of benzene rings is 2. The molecule has 0 amide bonds. The summed E-state index contributed by atoms with van der Waals surface area (Å²) in [4.78, 5) is 8.60. The highest BCUT2D eigenvalue weighted by Gasteiger charge is 2.11. The molecule has 0 saturated carbocycles. The van der Waals surface area contributed by atoms with Crippen LogP contribution < -0.4 is 10.6 Å². The molecule has 0 saturated heterocycles. The third kappa shape index (κ3) is 7.70. The zero-order valence-electron chi connectivity index (χ0n) is 16.7. The topological polar surface area (TPSA) is 103 Å². The van der Waals surface area contributed by atoms with Gasteiger partial charge >= 0.3 is 0 Å². The van der Waals surface area contributed by atoms with Crippen LogP contribution in [0.2, 0.25) is 5.02 Å². The van der Waals surface area contributed by atoms with Crippen LogP contribution in [-0.2, 0) is 11.2 Å². The summed E-state index contributed by atoms with van der Waals surface area (Å²) in [5, 5.41) is 25.4. The van der Waals surface area contributed by atoms with E-state index in [1.54, 1.807) is 36.5 Å². The second-order valence-corrected chi connectivity index (χ2v) is 6.88. The van der Waals surface area contributed by atoms with E-state index in [0.717, 1.165) is 11.3 Å². The SMILES string of the molecule is Cl.N#Cc1ccc(Nc2nccc(NCCOC(CO)Cc3ccccc3Cl)n2)cc1. The van der Waals surface area contributed by atoms with Crippen LogP contribution in [0.5, 0.6) is 0 Å². The van der Waals surface area contributed by atoms with Crippen molar-refractivity contribution in [1.29, 1.82) is 5.26 Å². The Morgan fingerprint density at radius 3 is 2.61 bits per heavy atom. The molecular weight excluding hydrogens is 437 g/mol. The number of aliphatic hydroxyl groups excluding tert-OH is 1. The molecule has 1 heterocycles. The molecule has 0 aliphatic heterocycles. The number of nitrogens with zero attached hydrogens (tertiary/aromatic N) is 3. The number of ether oxygens (including phenoxy) is 1. The lowest BCUT2D eigenvalue weighted by Crippen LogP contribution is -2.24. The smallest absolute Gasteiger partial charge is 0.229 e. The van der Waals surface area contributed by atoms with Crippen molar-refractivity contribution in [3.05, 3.63) is 76.9 Å². The van der Waals surface area contributed by atoms with Crippen molar-refractivity contribution in [2.75, 3.05) is 30.4 Å². The fraction of sp³-hybridized carbons (Fsp3) is 0.227. The zero-order chi connectivity index (χ0) is 21.2. The summed E-state index contributed by atoms with van der Waals surface area (Å²) in [5.41, 5.74) is 2.33. The maximum Gasteiger partial charge on any atom is 0.229 e. The van der Waals surface area contributed by atoms with Crippen LogP contribution in [0.15, 0.2) is 60.8 Å². The van der Waals surface area contributed by atoms with E-state index in [9.17, 15) is 5.11 Å². The Bertz CT molecular complexity index is 996. The maximum absolute atomic E-state index is 9.57.